The van der Waals surface area contributed by atoms with Gasteiger partial charge in [0.05, 0.1) is 5.02 Å². The average Bonchev–Trinajstić information content (AvgIpc) is 2.37. The van der Waals surface area contributed by atoms with E-state index in [0.29, 0.717) is 12.1 Å². The van der Waals surface area contributed by atoms with E-state index in [-0.39, 0.29) is 21.2 Å². The van der Waals surface area contributed by atoms with Crippen LogP contribution in [0.1, 0.15) is 15.9 Å². The Morgan fingerprint density at radius 1 is 0.947 bits per heavy atom. The Morgan fingerprint density at radius 3 is 2.11 bits per heavy atom. The molecule has 1 nitrogen and oxygen atoms in total. The summed E-state index contributed by atoms with van der Waals surface area (Å²) in [6.07, 6.45) is 0. The Morgan fingerprint density at radius 2 is 1.53 bits per heavy atom. The predicted molar refractivity (Wildman–Crippen MR) is 66.2 cm³/mol. The molecule has 2 aromatic rings. The molecule has 0 saturated heterocycles. The first-order chi connectivity index (χ1) is 8.90. The molecular weight excluding hydrogens is 300 g/mol. The monoisotopic (exact) mass is 304 g/mol. The number of hydrogen-bond donors (Lipinski definition) is 0. The zero-order chi connectivity index (χ0) is 14.2. The third-order valence-electron chi connectivity index (χ3n) is 2.42. The van der Waals surface area contributed by atoms with Crippen molar-refractivity contribution in [2.24, 2.45) is 0 Å². The second kappa shape index (κ2) is 5.23. The van der Waals surface area contributed by atoms with Crippen molar-refractivity contribution in [3.63, 3.8) is 0 Å². The molecule has 0 bridgehead atoms. The highest BCUT2D eigenvalue weighted by atomic mass is 35.5. The number of halogens is 5. The van der Waals surface area contributed by atoms with E-state index < -0.39 is 23.2 Å². The standard InChI is InChI=1S/C13H5Cl2F3O/c14-7-1-2-9(15)8(5-7)13(19)6-3-10(16)12(18)11(17)4-6/h1-5H. The van der Waals surface area contributed by atoms with Crippen LogP contribution in [0.5, 0.6) is 0 Å². The summed E-state index contributed by atoms with van der Waals surface area (Å²) in [6.45, 7) is 0. The summed E-state index contributed by atoms with van der Waals surface area (Å²) in [5, 5.41) is 0.329. The fourth-order valence-corrected chi connectivity index (χ4v) is 1.89. The van der Waals surface area contributed by atoms with Gasteiger partial charge in [-0.05, 0) is 30.3 Å². The molecule has 0 N–H and O–H groups in total. The van der Waals surface area contributed by atoms with Crippen LogP contribution in [0.15, 0.2) is 30.3 Å². The quantitative estimate of drug-likeness (QED) is 0.583. The second-order valence-electron chi connectivity index (χ2n) is 3.71. The minimum Gasteiger partial charge on any atom is -0.289 e. The van der Waals surface area contributed by atoms with Crippen LogP contribution in [0.3, 0.4) is 0 Å². The molecule has 2 aromatic carbocycles. The first kappa shape index (κ1) is 13.9. The fourth-order valence-electron chi connectivity index (χ4n) is 1.51. The van der Waals surface area contributed by atoms with Crippen LogP contribution in [0.4, 0.5) is 13.2 Å². The summed E-state index contributed by atoms with van der Waals surface area (Å²) in [7, 11) is 0. The van der Waals surface area contributed by atoms with Gasteiger partial charge in [0, 0.05) is 16.1 Å². The van der Waals surface area contributed by atoms with Gasteiger partial charge in [0.1, 0.15) is 0 Å². The topological polar surface area (TPSA) is 17.1 Å². The maximum Gasteiger partial charge on any atom is 0.194 e. The summed E-state index contributed by atoms with van der Waals surface area (Å²) < 4.78 is 39.0. The highest BCUT2D eigenvalue weighted by Crippen LogP contribution is 2.24. The molecule has 0 aliphatic heterocycles. The maximum atomic E-state index is 13.1. The SMILES string of the molecule is O=C(c1cc(F)c(F)c(F)c1)c1cc(Cl)ccc1Cl. The average molecular weight is 305 g/mol. The third-order valence-corrected chi connectivity index (χ3v) is 2.98. The van der Waals surface area contributed by atoms with Crippen molar-refractivity contribution in [1.29, 1.82) is 0 Å². The molecule has 0 amide bonds. The molecule has 98 valence electrons. The largest absolute Gasteiger partial charge is 0.289 e. The lowest BCUT2D eigenvalue weighted by atomic mass is 10.0. The molecular formula is C13H5Cl2F3O. The van der Waals surface area contributed by atoms with E-state index in [1.165, 1.54) is 18.2 Å². The van der Waals surface area contributed by atoms with Gasteiger partial charge in [-0.15, -0.1) is 0 Å². The van der Waals surface area contributed by atoms with E-state index in [2.05, 4.69) is 0 Å². The zero-order valence-corrected chi connectivity index (χ0v) is 10.7. The predicted octanol–water partition coefficient (Wildman–Crippen LogP) is 4.64. The summed E-state index contributed by atoms with van der Waals surface area (Å²) in [5.74, 6) is -5.26. The van der Waals surface area contributed by atoms with Crippen molar-refractivity contribution in [2.75, 3.05) is 0 Å². The number of ketones is 1. The van der Waals surface area contributed by atoms with Crippen molar-refractivity contribution in [3.8, 4) is 0 Å². The van der Waals surface area contributed by atoms with Crippen molar-refractivity contribution >= 4 is 29.0 Å². The molecule has 0 fully saturated rings. The van der Waals surface area contributed by atoms with Crippen LogP contribution >= 0.6 is 23.2 Å². The van der Waals surface area contributed by atoms with Crippen molar-refractivity contribution in [1.82, 2.24) is 0 Å². The number of benzene rings is 2. The van der Waals surface area contributed by atoms with Crippen LogP contribution in [0.25, 0.3) is 0 Å². The van der Waals surface area contributed by atoms with Gasteiger partial charge in [-0.1, -0.05) is 23.2 Å². The first-order valence-corrected chi connectivity index (χ1v) is 5.80. The third kappa shape index (κ3) is 2.74. The Kier molecular flexibility index (Phi) is 3.83. The molecule has 0 radical (unpaired) electrons. The highest BCUT2D eigenvalue weighted by Gasteiger charge is 2.18. The van der Waals surface area contributed by atoms with Gasteiger partial charge in [-0.2, -0.15) is 0 Å². The normalized spacial score (nSPS) is 10.6. The molecule has 0 saturated carbocycles. The van der Waals surface area contributed by atoms with Crippen LogP contribution in [0.2, 0.25) is 10.0 Å². The van der Waals surface area contributed by atoms with Gasteiger partial charge in [0.2, 0.25) is 0 Å². The first-order valence-electron chi connectivity index (χ1n) is 5.04. The Balaban J connectivity index is 2.53. The summed E-state index contributed by atoms with van der Waals surface area (Å²) in [6, 6.07) is 5.33. The second-order valence-corrected chi connectivity index (χ2v) is 4.55. The molecule has 0 unspecified atom stereocenters. The zero-order valence-electron chi connectivity index (χ0n) is 9.18. The Labute approximate surface area is 116 Å². The van der Waals surface area contributed by atoms with Gasteiger partial charge in [0.15, 0.2) is 23.2 Å². The van der Waals surface area contributed by atoms with E-state index in [0.717, 1.165) is 0 Å². The summed E-state index contributed by atoms with van der Waals surface area (Å²) in [4.78, 5) is 12.0. The molecule has 0 spiro atoms. The van der Waals surface area contributed by atoms with E-state index in [1.54, 1.807) is 0 Å². The van der Waals surface area contributed by atoms with Crippen LogP contribution in [0, 0.1) is 17.5 Å². The molecule has 2 rings (SSSR count). The van der Waals surface area contributed by atoms with Crippen LogP contribution in [-0.4, -0.2) is 5.78 Å². The van der Waals surface area contributed by atoms with Gasteiger partial charge in [-0.25, -0.2) is 13.2 Å². The lowest BCUT2D eigenvalue weighted by Gasteiger charge is -2.05. The number of carbonyl (C=O) groups is 1. The van der Waals surface area contributed by atoms with E-state index in [1.807, 2.05) is 0 Å². The fraction of sp³-hybridized carbons (Fsp3) is 0. The van der Waals surface area contributed by atoms with Crippen molar-refractivity contribution in [2.45, 2.75) is 0 Å². The summed E-state index contributed by atoms with van der Waals surface area (Å²) >= 11 is 11.5. The van der Waals surface area contributed by atoms with Crippen LogP contribution < -0.4 is 0 Å². The molecule has 0 atom stereocenters. The van der Waals surface area contributed by atoms with Gasteiger partial charge >= 0.3 is 0 Å². The highest BCUT2D eigenvalue weighted by molar-refractivity contribution is 6.36. The van der Waals surface area contributed by atoms with E-state index in [4.69, 9.17) is 23.2 Å². The molecule has 0 heterocycles. The minimum atomic E-state index is -1.63. The van der Waals surface area contributed by atoms with E-state index in [9.17, 15) is 18.0 Å². The van der Waals surface area contributed by atoms with Gasteiger partial charge < -0.3 is 0 Å². The smallest absolute Gasteiger partial charge is 0.194 e. The number of hydrogen-bond acceptors (Lipinski definition) is 1. The molecule has 0 aliphatic rings. The molecule has 0 aliphatic carbocycles. The van der Waals surface area contributed by atoms with Crippen molar-refractivity contribution in [3.05, 3.63) is 69.0 Å². The van der Waals surface area contributed by atoms with Gasteiger partial charge in [0.25, 0.3) is 0 Å². The molecule has 6 heteroatoms. The maximum absolute atomic E-state index is 13.1. The minimum absolute atomic E-state index is 0.0143. The lowest BCUT2D eigenvalue weighted by molar-refractivity contribution is 0.103. The van der Waals surface area contributed by atoms with E-state index >= 15 is 0 Å². The summed E-state index contributed by atoms with van der Waals surface area (Å²) in [5.41, 5.74) is -0.361. The Bertz CT molecular complexity index is 648. The number of carbonyl (C=O) groups excluding carboxylic acids is 1. The van der Waals surface area contributed by atoms with Crippen molar-refractivity contribution < 1.29 is 18.0 Å². The molecule has 19 heavy (non-hydrogen) atoms. The molecule has 0 aromatic heterocycles. The van der Waals surface area contributed by atoms with Crippen LogP contribution in [-0.2, 0) is 0 Å². The number of rotatable bonds is 2. The Hall–Kier alpha value is -1.52. The lowest BCUT2D eigenvalue weighted by Crippen LogP contribution is -2.05. The van der Waals surface area contributed by atoms with Gasteiger partial charge in [-0.3, -0.25) is 4.79 Å².